The molecule has 2 aromatic rings. The SMILES string of the molecule is COc1ccc2c(c1)OC[C@H]1[C@@H]2C2=C(OC1(C)C)c1ccccc1C(=O)C2=O. The van der Waals surface area contributed by atoms with Crippen molar-refractivity contribution in [2.75, 3.05) is 13.7 Å². The van der Waals surface area contributed by atoms with Crippen LogP contribution in [0.3, 0.4) is 0 Å². The monoisotopic (exact) mass is 376 g/mol. The van der Waals surface area contributed by atoms with E-state index in [0.29, 0.717) is 40.6 Å². The van der Waals surface area contributed by atoms with Gasteiger partial charge in [-0.25, -0.2) is 0 Å². The molecule has 0 aromatic heterocycles. The molecule has 0 spiro atoms. The summed E-state index contributed by atoms with van der Waals surface area (Å²) in [6.07, 6.45) is 0. The van der Waals surface area contributed by atoms with E-state index >= 15 is 0 Å². The smallest absolute Gasteiger partial charge is 0.234 e. The van der Waals surface area contributed by atoms with Crippen LogP contribution in [0.4, 0.5) is 0 Å². The lowest BCUT2D eigenvalue weighted by atomic mass is 9.66. The second-order valence-electron chi connectivity index (χ2n) is 7.95. The van der Waals surface area contributed by atoms with Gasteiger partial charge in [0.15, 0.2) is 0 Å². The number of carbonyl (C=O) groups is 2. The minimum Gasteiger partial charge on any atom is -0.497 e. The summed E-state index contributed by atoms with van der Waals surface area (Å²) in [7, 11) is 1.60. The van der Waals surface area contributed by atoms with Crippen molar-refractivity contribution in [2.45, 2.75) is 25.4 Å². The van der Waals surface area contributed by atoms with E-state index in [1.807, 2.05) is 44.2 Å². The first kappa shape index (κ1) is 17.0. The van der Waals surface area contributed by atoms with Gasteiger partial charge in [-0.1, -0.05) is 30.3 Å². The highest BCUT2D eigenvalue weighted by Gasteiger charge is 2.53. The molecule has 5 heteroatoms. The van der Waals surface area contributed by atoms with Gasteiger partial charge in [0.1, 0.15) is 22.9 Å². The first-order chi connectivity index (χ1) is 13.4. The van der Waals surface area contributed by atoms with Gasteiger partial charge in [0, 0.05) is 34.6 Å². The van der Waals surface area contributed by atoms with Crippen LogP contribution in [-0.4, -0.2) is 30.9 Å². The maximum atomic E-state index is 13.2. The third-order valence-electron chi connectivity index (χ3n) is 6.06. The Kier molecular flexibility index (Phi) is 3.48. The maximum Gasteiger partial charge on any atom is 0.234 e. The largest absolute Gasteiger partial charge is 0.497 e. The van der Waals surface area contributed by atoms with Crippen molar-refractivity contribution >= 4 is 17.3 Å². The Hall–Kier alpha value is -3.08. The summed E-state index contributed by atoms with van der Waals surface area (Å²) < 4.78 is 17.7. The molecule has 0 unspecified atom stereocenters. The molecule has 2 aliphatic heterocycles. The molecule has 3 aliphatic rings. The predicted octanol–water partition coefficient (Wildman–Crippen LogP) is 3.77. The van der Waals surface area contributed by atoms with E-state index in [4.69, 9.17) is 14.2 Å². The van der Waals surface area contributed by atoms with Crippen LogP contribution in [0.5, 0.6) is 11.5 Å². The molecule has 0 radical (unpaired) electrons. The number of Topliss-reactive ketones (excluding diaryl/α,β-unsaturated/α-hetero) is 2. The lowest BCUT2D eigenvalue weighted by Crippen LogP contribution is -2.49. The van der Waals surface area contributed by atoms with Crippen LogP contribution in [0.25, 0.3) is 5.76 Å². The van der Waals surface area contributed by atoms with Crippen LogP contribution < -0.4 is 9.47 Å². The van der Waals surface area contributed by atoms with Gasteiger partial charge in [0.05, 0.1) is 19.3 Å². The van der Waals surface area contributed by atoms with Crippen LogP contribution in [0.2, 0.25) is 0 Å². The second kappa shape index (κ2) is 5.71. The Morgan fingerprint density at radius 1 is 1.04 bits per heavy atom. The molecular weight excluding hydrogens is 356 g/mol. The van der Waals surface area contributed by atoms with Crippen LogP contribution in [-0.2, 0) is 9.53 Å². The number of ether oxygens (including phenoxy) is 3. The molecular formula is C23H20O5. The van der Waals surface area contributed by atoms with Crippen molar-refractivity contribution in [3.8, 4) is 11.5 Å². The number of hydrogen-bond donors (Lipinski definition) is 0. The van der Waals surface area contributed by atoms with Crippen LogP contribution in [0, 0.1) is 5.92 Å². The molecule has 0 bridgehead atoms. The fraction of sp³-hybridized carbons (Fsp3) is 0.304. The van der Waals surface area contributed by atoms with Crippen molar-refractivity contribution in [2.24, 2.45) is 5.92 Å². The minimum atomic E-state index is -0.561. The molecule has 0 fully saturated rings. The Labute approximate surface area is 162 Å². The molecule has 0 saturated heterocycles. The molecule has 5 rings (SSSR count). The molecule has 2 aromatic carbocycles. The summed E-state index contributed by atoms with van der Waals surface area (Å²) in [4.78, 5) is 26.0. The first-order valence-corrected chi connectivity index (χ1v) is 9.34. The fourth-order valence-electron chi connectivity index (χ4n) is 4.58. The van der Waals surface area contributed by atoms with Gasteiger partial charge in [-0.15, -0.1) is 0 Å². The average molecular weight is 376 g/mol. The third-order valence-corrected chi connectivity index (χ3v) is 6.06. The van der Waals surface area contributed by atoms with Gasteiger partial charge >= 0.3 is 0 Å². The highest BCUT2D eigenvalue weighted by atomic mass is 16.5. The van der Waals surface area contributed by atoms with E-state index in [0.717, 1.165) is 5.56 Å². The maximum absolute atomic E-state index is 13.2. The number of rotatable bonds is 1. The van der Waals surface area contributed by atoms with Crippen molar-refractivity contribution in [1.82, 2.24) is 0 Å². The zero-order chi connectivity index (χ0) is 19.6. The zero-order valence-corrected chi connectivity index (χ0v) is 15.9. The Balaban J connectivity index is 1.79. The summed E-state index contributed by atoms with van der Waals surface area (Å²) in [6, 6.07) is 12.8. The quantitative estimate of drug-likeness (QED) is 0.709. The lowest BCUT2D eigenvalue weighted by Gasteiger charge is -2.48. The highest BCUT2D eigenvalue weighted by molar-refractivity contribution is 6.52. The van der Waals surface area contributed by atoms with Gasteiger partial charge in [0.2, 0.25) is 11.6 Å². The van der Waals surface area contributed by atoms with E-state index in [1.165, 1.54) is 0 Å². The summed E-state index contributed by atoms with van der Waals surface area (Å²) in [5.41, 5.74) is 1.87. The Morgan fingerprint density at radius 3 is 2.54 bits per heavy atom. The van der Waals surface area contributed by atoms with E-state index in [2.05, 4.69) is 0 Å². The second-order valence-corrected chi connectivity index (χ2v) is 7.95. The number of carbonyl (C=O) groups excluding carboxylic acids is 2. The molecule has 1 aliphatic carbocycles. The zero-order valence-electron chi connectivity index (χ0n) is 15.9. The summed E-state index contributed by atoms with van der Waals surface area (Å²) >= 11 is 0. The van der Waals surface area contributed by atoms with E-state index in [-0.39, 0.29) is 11.8 Å². The van der Waals surface area contributed by atoms with Gasteiger partial charge in [-0.2, -0.15) is 0 Å². The molecule has 5 nitrogen and oxygen atoms in total. The molecule has 0 saturated carbocycles. The Bertz CT molecular complexity index is 1060. The van der Waals surface area contributed by atoms with E-state index in [1.54, 1.807) is 19.2 Å². The highest BCUT2D eigenvalue weighted by Crippen LogP contribution is 2.55. The van der Waals surface area contributed by atoms with Crippen LogP contribution >= 0.6 is 0 Å². The number of methoxy groups -OCH3 is 1. The number of ketones is 2. The molecule has 142 valence electrons. The van der Waals surface area contributed by atoms with Gasteiger partial charge in [0.25, 0.3) is 0 Å². The Morgan fingerprint density at radius 2 is 1.79 bits per heavy atom. The average Bonchev–Trinajstić information content (AvgIpc) is 2.70. The number of allylic oxidation sites excluding steroid dienone is 1. The third kappa shape index (κ3) is 2.19. The van der Waals surface area contributed by atoms with Crippen LogP contribution in [0.15, 0.2) is 48.0 Å². The molecule has 0 amide bonds. The lowest BCUT2D eigenvalue weighted by molar-refractivity contribution is -0.114. The molecule has 28 heavy (non-hydrogen) atoms. The van der Waals surface area contributed by atoms with Crippen molar-refractivity contribution in [3.63, 3.8) is 0 Å². The topological polar surface area (TPSA) is 61.8 Å². The van der Waals surface area contributed by atoms with Crippen molar-refractivity contribution in [1.29, 1.82) is 0 Å². The van der Waals surface area contributed by atoms with Crippen molar-refractivity contribution < 1.29 is 23.8 Å². The summed E-state index contributed by atoms with van der Waals surface area (Å²) in [6.45, 7) is 4.42. The predicted molar refractivity (Wildman–Crippen MR) is 103 cm³/mol. The minimum absolute atomic E-state index is 0.0887. The van der Waals surface area contributed by atoms with Gasteiger partial charge in [-0.3, -0.25) is 9.59 Å². The number of benzene rings is 2. The van der Waals surface area contributed by atoms with Gasteiger partial charge < -0.3 is 14.2 Å². The fourth-order valence-corrected chi connectivity index (χ4v) is 4.58. The van der Waals surface area contributed by atoms with Crippen LogP contribution in [0.1, 0.15) is 41.3 Å². The summed E-state index contributed by atoms with van der Waals surface area (Å²) in [5.74, 6) is 0.585. The molecule has 2 atom stereocenters. The molecule has 0 N–H and O–H groups in total. The van der Waals surface area contributed by atoms with E-state index in [9.17, 15) is 9.59 Å². The van der Waals surface area contributed by atoms with Gasteiger partial charge in [-0.05, 0) is 19.9 Å². The normalized spacial score (nSPS) is 24.2. The number of hydrogen-bond acceptors (Lipinski definition) is 5. The summed E-state index contributed by atoms with van der Waals surface area (Å²) in [5, 5.41) is 0. The first-order valence-electron chi connectivity index (χ1n) is 9.34. The van der Waals surface area contributed by atoms with Crippen molar-refractivity contribution in [3.05, 3.63) is 64.7 Å². The molecule has 2 heterocycles. The number of fused-ring (bicyclic) bond motifs is 6. The van der Waals surface area contributed by atoms with E-state index < -0.39 is 17.2 Å². The standard InChI is InChI=1S/C23H20O5/c1-23(2)16-11-27-17-10-12(26-3)8-9-15(17)18(16)19-21(25)20(24)13-6-4-5-7-14(13)22(19)28-23/h4-10,16,18H,11H2,1-3H3/t16-,18+/m0/s1.